The van der Waals surface area contributed by atoms with E-state index in [-0.39, 0.29) is 6.09 Å². The minimum atomic E-state index is -0.441. The summed E-state index contributed by atoms with van der Waals surface area (Å²) in [5.74, 6) is 0. The molecular weight excluding hydrogens is 300 g/mol. The van der Waals surface area contributed by atoms with Crippen molar-refractivity contribution in [1.29, 1.82) is 0 Å². The molecule has 1 aliphatic carbocycles. The van der Waals surface area contributed by atoms with E-state index in [1.165, 1.54) is 55.6 Å². The van der Waals surface area contributed by atoms with Gasteiger partial charge in [-0.05, 0) is 75.1 Å². The maximum Gasteiger partial charge on any atom is 0.410 e. The fourth-order valence-electron chi connectivity index (χ4n) is 3.95. The Balaban J connectivity index is 1.42. The van der Waals surface area contributed by atoms with Gasteiger partial charge in [-0.1, -0.05) is 6.07 Å². The molecule has 0 N–H and O–H groups in total. The monoisotopic (exact) mass is 328 g/mol. The Morgan fingerprint density at radius 1 is 1.04 bits per heavy atom. The van der Waals surface area contributed by atoms with E-state index in [2.05, 4.69) is 23.1 Å². The van der Waals surface area contributed by atoms with Gasteiger partial charge in [0.1, 0.15) is 5.60 Å². The van der Waals surface area contributed by atoms with E-state index in [0.717, 1.165) is 0 Å². The van der Waals surface area contributed by atoms with Gasteiger partial charge < -0.3 is 9.64 Å². The summed E-state index contributed by atoms with van der Waals surface area (Å²) in [5, 5.41) is 0. The molecule has 130 valence electrons. The third kappa shape index (κ3) is 3.11. The van der Waals surface area contributed by atoms with Crippen LogP contribution >= 0.6 is 0 Å². The predicted molar refractivity (Wildman–Crippen MR) is 95.0 cm³/mol. The molecule has 3 aliphatic rings. The van der Waals surface area contributed by atoms with Crippen molar-refractivity contribution in [2.75, 3.05) is 18.0 Å². The third-order valence-corrected chi connectivity index (χ3v) is 5.71. The summed E-state index contributed by atoms with van der Waals surface area (Å²) in [6, 6.07) is 6.70. The quantitative estimate of drug-likeness (QED) is 0.770. The van der Waals surface area contributed by atoms with Crippen LogP contribution in [-0.4, -0.2) is 29.7 Å². The van der Waals surface area contributed by atoms with E-state index in [0.29, 0.717) is 18.5 Å². The molecule has 2 fully saturated rings. The van der Waals surface area contributed by atoms with Gasteiger partial charge in [0.05, 0.1) is 0 Å². The summed E-state index contributed by atoms with van der Waals surface area (Å²) >= 11 is 0. The number of fused-ring (bicyclic) bond motifs is 1. The van der Waals surface area contributed by atoms with E-state index >= 15 is 0 Å². The highest BCUT2D eigenvalue weighted by molar-refractivity contribution is 5.69. The van der Waals surface area contributed by atoms with Crippen molar-refractivity contribution in [3.8, 4) is 0 Å². The number of hydrogen-bond acceptors (Lipinski definition) is 3. The molecule has 1 saturated carbocycles. The number of benzene rings is 1. The summed E-state index contributed by atoms with van der Waals surface area (Å²) < 4.78 is 5.51. The molecule has 0 aromatic heterocycles. The Kier molecular flexibility index (Phi) is 3.55. The number of carbonyl (C=O) groups is 1. The van der Waals surface area contributed by atoms with Crippen molar-refractivity contribution < 1.29 is 9.53 Å². The van der Waals surface area contributed by atoms with Crippen molar-refractivity contribution in [1.82, 2.24) is 4.90 Å². The average Bonchev–Trinajstić information content (AvgIpc) is 3.11. The van der Waals surface area contributed by atoms with Crippen LogP contribution in [0.1, 0.15) is 57.6 Å². The van der Waals surface area contributed by atoms with Crippen molar-refractivity contribution in [3.05, 3.63) is 29.3 Å². The smallest absolute Gasteiger partial charge is 0.410 e. The molecule has 0 bridgehead atoms. The highest BCUT2D eigenvalue weighted by Crippen LogP contribution is 2.54. The van der Waals surface area contributed by atoms with Gasteiger partial charge in [0.15, 0.2) is 0 Å². The number of amides is 1. The Hall–Kier alpha value is -1.71. The second-order valence-corrected chi connectivity index (χ2v) is 8.78. The summed E-state index contributed by atoms with van der Waals surface area (Å²) in [6.45, 7) is 9.41. The Labute approximate surface area is 144 Å². The molecule has 1 spiro atoms. The Morgan fingerprint density at radius 3 is 2.33 bits per heavy atom. The van der Waals surface area contributed by atoms with Crippen molar-refractivity contribution in [2.24, 2.45) is 5.41 Å². The van der Waals surface area contributed by atoms with Gasteiger partial charge in [-0.2, -0.15) is 0 Å². The molecule has 1 aromatic carbocycles. The maximum atomic E-state index is 12.3. The normalized spacial score (nSPS) is 21.8. The standard InChI is InChI=1S/C20H28N2O2/c1-19(2,3)24-18(23)22-13-15-4-5-17(12-16(15)14-22)21-10-8-20(6-7-20)9-11-21/h4-5,12H,6-11,13-14H2,1-3H3. The van der Waals surface area contributed by atoms with Gasteiger partial charge in [-0.15, -0.1) is 0 Å². The molecule has 4 rings (SSSR count). The van der Waals surface area contributed by atoms with E-state index < -0.39 is 5.60 Å². The SMILES string of the molecule is CC(C)(C)OC(=O)N1Cc2ccc(N3CCC4(CC3)CC4)cc2C1. The molecule has 4 heteroatoms. The van der Waals surface area contributed by atoms with Gasteiger partial charge in [0.25, 0.3) is 0 Å². The van der Waals surface area contributed by atoms with Crippen LogP contribution in [0.15, 0.2) is 18.2 Å². The van der Waals surface area contributed by atoms with Gasteiger partial charge >= 0.3 is 6.09 Å². The zero-order valence-electron chi connectivity index (χ0n) is 15.1. The number of rotatable bonds is 1. The number of hydrogen-bond donors (Lipinski definition) is 0. The maximum absolute atomic E-state index is 12.3. The van der Waals surface area contributed by atoms with Crippen LogP contribution in [-0.2, 0) is 17.8 Å². The highest BCUT2D eigenvalue weighted by Gasteiger charge is 2.44. The first-order chi connectivity index (χ1) is 11.3. The van der Waals surface area contributed by atoms with Gasteiger partial charge in [0, 0.05) is 31.9 Å². The second kappa shape index (κ2) is 5.40. The van der Waals surface area contributed by atoms with Gasteiger partial charge in [-0.3, -0.25) is 4.90 Å². The van der Waals surface area contributed by atoms with E-state index in [9.17, 15) is 4.79 Å². The van der Waals surface area contributed by atoms with Crippen molar-refractivity contribution >= 4 is 11.8 Å². The molecule has 2 heterocycles. The van der Waals surface area contributed by atoms with Crippen LogP contribution in [0, 0.1) is 5.41 Å². The number of anilines is 1. The third-order valence-electron chi connectivity index (χ3n) is 5.71. The topological polar surface area (TPSA) is 32.8 Å². The van der Waals surface area contributed by atoms with Crippen LogP contribution in [0.3, 0.4) is 0 Å². The lowest BCUT2D eigenvalue weighted by atomic mass is 9.93. The van der Waals surface area contributed by atoms with E-state index in [4.69, 9.17) is 4.74 Å². The summed E-state index contributed by atoms with van der Waals surface area (Å²) in [4.78, 5) is 16.6. The molecule has 24 heavy (non-hydrogen) atoms. The molecule has 0 unspecified atom stereocenters. The van der Waals surface area contributed by atoms with E-state index in [1.54, 1.807) is 4.90 Å². The van der Waals surface area contributed by atoms with Crippen molar-refractivity contribution in [3.63, 3.8) is 0 Å². The predicted octanol–water partition coefficient (Wildman–Crippen LogP) is 4.32. The van der Waals surface area contributed by atoms with Crippen LogP contribution in [0.25, 0.3) is 0 Å². The number of ether oxygens (including phenoxy) is 1. The second-order valence-electron chi connectivity index (χ2n) is 8.78. The minimum Gasteiger partial charge on any atom is -0.444 e. The zero-order valence-corrected chi connectivity index (χ0v) is 15.1. The lowest BCUT2D eigenvalue weighted by molar-refractivity contribution is 0.0242. The fourth-order valence-corrected chi connectivity index (χ4v) is 3.95. The first-order valence-corrected chi connectivity index (χ1v) is 9.18. The van der Waals surface area contributed by atoms with Crippen LogP contribution in [0.2, 0.25) is 0 Å². The van der Waals surface area contributed by atoms with Crippen LogP contribution in [0.5, 0.6) is 0 Å². The first-order valence-electron chi connectivity index (χ1n) is 9.18. The Morgan fingerprint density at radius 2 is 1.71 bits per heavy atom. The molecular formula is C20H28N2O2. The number of nitrogens with zero attached hydrogens (tertiary/aromatic N) is 2. The largest absolute Gasteiger partial charge is 0.444 e. The highest BCUT2D eigenvalue weighted by atomic mass is 16.6. The molecule has 2 aliphatic heterocycles. The average molecular weight is 328 g/mol. The summed E-state index contributed by atoms with van der Waals surface area (Å²) in [6.07, 6.45) is 5.35. The first kappa shape index (κ1) is 15.8. The molecule has 0 atom stereocenters. The van der Waals surface area contributed by atoms with Crippen molar-refractivity contribution in [2.45, 2.75) is 65.1 Å². The summed E-state index contributed by atoms with van der Waals surface area (Å²) in [7, 11) is 0. The molecule has 1 aromatic rings. The lowest BCUT2D eigenvalue weighted by Crippen LogP contribution is -2.34. The summed E-state index contributed by atoms with van der Waals surface area (Å²) in [5.41, 5.74) is 4.10. The number of piperidine rings is 1. The molecule has 1 amide bonds. The van der Waals surface area contributed by atoms with Gasteiger partial charge in [0.2, 0.25) is 0 Å². The Bertz CT molecular complexity index is 648. The zero-order chi connectivity index (χ0) is 16.9. The molecule has 0 radical (unpaired) electrons. The van der Waals surface area contributed by atoms with E-state index in [1.807, 2.05) is 20.8 Å². The fraction of sp³-hybridized carbons (Fsp3) is 0.650. The minimum absolute atomic E-state index is 0.214. The molecule has 4 nitrogen and oxygen atoms in total. The number of carbonyl (C=O) groups excluding carboxylic acids is 1. The van der Waals surface area contributed by atoms with Crippen LogP contribution < -0.4 is 4.90 Å². The van der Waals surface area contributed by atoms with Crippen LogP contribution in [0.4, 0.5) is 10.5 Å². The van der Waals surface area contributed by atoms with Gasteiger partial charge in [-0.25, -0.2) is 4.79 Å². The molecule has 1 saturated heterocycles. The lowest BCUT2D eigenvalue weighted by Gasteiger charge is -2.34.